The molecule has 0 spiro atoms. The van der Waals surface area contributed by atoms with Crippen molar-refractivity contribution in [3.8, 4) is 0 Å². The first-order valence-corrected chi connectivity index (χ1v) is 6.83. The fourth-order valence-corrected chi connectivity index (χ4v) is 1.69. The van der Waals surface area contributed by atoms with Crippen molar-refractivity contribution >= 4 is 21.6 Å². The normalized spacial score (nSPS) is 13.1. The summed E-state index contributed by atoms with van der Waals surface area (Å²) in [6, 6.07) is 5.75. The average molecular weight is 256 g/mol. The Kier molecular flexibility index (Phi) is 4.25. The lowest BCUT2D eigenvalue weighted by molar-refractivity contribution is -0.119. The van der Waals surface area contributed by atoms with E-state index in [2.05, 4.69) is 5.32 Å². The highest BCUT2D eigenvalue weighted by atomic mass is 32.2. The molecule has 3 N–H and O–H groups in total. The topological polar surface area (TPSA) is 89.3 Å². The maximum Gasteiger partial charge on any atom is 0.238 e. The molecule has 0 aromatic heterocycles. The van der Waals surface area contributed by atoms with E-state index in [0.717, 1.165) is 6.42 Å². The van der Waals surface area contributed by atoms with Crippen molar-refractivity contribution in [1.29, 1.82) is 0 Å². The van der Waals surface area contributed by atoms with Gasteiger partial charge >= 0.3 is 0 Å². The van der Waals surface area contributed by atoms with Gasteiger partial charge in [0.2, 0.25) is 15.9 Å². The van der Waals surface area contributed by atoms with Gasteiger partial charge in [0.15, 0.2) is 0 Å². The predicted octanol–water partition coefficient (Wildman–Crippen LogP) is 1.32. The molecule has 1 aromatic rings. The van der Waals surface area contributed by atoms with E-state index in [9.17, 15) is 13.2 Å². The largest absolute Gasteiger partial charge is 0.326 e. The van der Waals surface area contributed by atoms with E-state index in [-0.39, 0.29) is 16.7 Å². The van der Waals surface area contributed by atoms with Gasteiger partial charge in [0.1, 0.15) is 0 Å². The van der Waals surface area contributed by atoms with Gasteiger partial charge in [-0.2, -0.15) is 0 Å². The molecule has 0 saturated carbocycles. The molecule has 0 bridgehead atoms. The monoisotopic (exact) mass is 256 g/mol. The highest BCUT2D eigenvalue weighted by Crippen LogP contribution is 2.14. The van der Waals surface area contributed by atoms with Gasteiger partial charge in [-0.15, -0.1) is 0 Å². The van der Waals surface area contributed by atoms with Gasteiger partial charge in [0, 0.05) is 11.6 Å². The molecule has 1 aromatic carbocycles. The SMILES string of the molecule is CCC(C)C(=O)Nc1ccc(S(N)(=O)=O)cc1. The van der Waals surface area contributed by atoms with Gasteiger partial charge < -0.3 is 5.32 Å². The van der Waals surface area contributed by atoms with Crippen LogP contribution in [-0.2, 0) is 14.8 Å². The molecular formula is C11H16N2O3S. The van der Waals surface area contributed by atoms with E-state index in [1.54, 1.807) is 0 Å². The van der Waals surface area contributed by atoms with E-state index >= 15 is 0 Å². The van der Waals surface area contributed by atoms with Crippen LogP contribution in [0.1, 0.15) is 20.3 Å². The van der Waals surface area contributed by atoms with Crippen molar-refractivity contribution in [2.45, 2.75) is 25.2 Å². The molecule has 0 aliphatic heterocycles. The minimum absolute atomic E-state index is 0.0269. The highest BCUT2D eigenvalue weighted by Gasteiger charge is 2.11. The molecule has 1 unspecified atom stereocenters. The number of hydrogen-bond donors (Lipinski definition) is 2. The second-order valence-electron chi connectivity index (χ2n) is 3.87. The molecular weight excluding hydrogens is 240 g/mol. The van der Waals surface area contributed by atoms with Crippen LogP contribution >= 0.6 is 0 Å². The van der Waals surface area contributed by atoms with Crippen LogP contribution in [-0.4, -0.2) is 14.3 Å². The van der Waals surface area contributed by atoms with Crippen molar-refractivity contribution in [3.63, 3.8) is 0 Å². The third-order valence-corrected chi connectivity index (χ3v) is 3.44. The van der Waals surface area contributed by atoms with E-state index in [4.69, 9.17) is 5.14 Å². The quantitative estimate of drug-likeness (QED) is 0.851. The Labute approximate surface area is 101 Å². The van der Waals surface area contributed by atoms with Gasteiger partial charge in [-0.25, -0.2) is 13.6 Å². The number of benzene rings is 1. The van der Waals surface area contributed by atoms with Crippen LogP contribution in [0.15, 0.2) is 29.2 Å². The van der Waals surface area contributed by atoms with Crippen LogP contribution < -0.4 is 10.5 Å². The minimum Gasteiger partial charge on any atom is -0.326 e. The summed E-state index contributed by atoms with van der Waals surface area (Å²) >= 11 is 0. The maximum absolute atomic E-state index is 11.6. The molecule has 0 heterocycles. The Hall–Kier alpha value is -1.40. The van der Waals surface area contributed by atoms with Crippen molar-refractivity contribution in [2.75, 3.05) is 5.32 Å². The summed E-state index contributed by atoms with van der Waals surface area (Å²) in [6.45, 7) is 3.75. The second kappa shape index (κ2) is 5.29. The molecule has 0 aliphatic carbocycles. The molecule has 1 amide bonds. The zero-order valence-electron chi connectivity index (χ0n) is 9.80. The van der Waals surface area contributed by atoms with Crippen LogP contribution in [0.2, 0.25) is 0 Å². The molecule has 0 fully saturated rings. The standard InChI is InChI=1S/C11H16N2O3S/c1-3-8(2)11(14)13-9-4-6-10(7-5-9)17(12,15)16/h4-8H,3H2,1-2H3,(H,13,14)(H2,12,15,16). The van der Waals surface area contributed by atoms with Crippen LogP contribution in [0, 0.1) is 5.92 Å². The molecule has 5 nitrogen and oxygen atoms in total. The molecule has 94 valence electrons. The van der Waals surface area contributed by atoms with E-state index < -0.39 is 10.0 Å². The van der Waals surface area contributed by atoms with Crippen LogP contribution in [0.4, 0.5) is 5.69 Å². The van der Waals surface area contributed by atoms with Crippen LogP contribution in [0.5, 0.6) is 0 Å². The number of primary sulfonamides is 1. The molecule has 1 rings (SSSR count). The number of nitrogens with one attached hydrogen (secondary N) is 1. The fourth-order valence-electron chi connectivity index (χ4n) is 1.18. The smallest absolute Gasteiger partial charge is 0.238 e. The summed E-state index contributed by atoms with van der Waals surface area (Å²) in [6.07, 6.45) is 0.751. The number of anilines is 1. The highest BCUT2D eigenvalue weighted by molar-refractivity contribution is 7.89. The molecule has 0 saturated heterocycles. The molecule has 1 atom stereocenters. The Morgan fingerprint density at radius 1 is 1.35 bits per heavy atom. The minimum atomic E-state index is -3.68. The molecule has 0 radical (unpaired) electrons. The zero-order chi connectivity index (χ0) is 13.1. The van der Waals surface area contributed by atoms with E-state index in [1.165, 1.54) is 24.3 Å². The fraction of sp³-hybridized carbons (Fsp3) is 0.364. The van der Waals surface area contributed by atoms with Crippen molar-refractivity contribution < 1.29 is 13.2 Å². The van der Waals surface area contributed by atoms with Crippen LogP contribution in [0.3, 0.4) is 0 Å². The van der Waals surface area contributed by atoms with Gasteiger partial charge in [-0.05, 0) is 30.7 Å². The number of carbonyl (C=O) groups is 1. The lowest BCUT2D eigenvalue weighted by Crippen LogP contribution is -2.19. The lowest BCUT2D eigenvalue weighted by Gasteiger charge is -2.10. The number of sulfonamides is 1. The molecule has 0 aliphatic rings. The third-order valence-electron chi connectivity index (χ3n) is 2.51. The summed E-state index contributed by atoms with van der Waals surface area (Å²) in [4.78, 5) is 11.6. The Morgan fingerprint density at radius 2 is 1.88 bits per heavy atom. The van der Waals surface area contributed by atoms with Crippen molar-refractivity contribution in [3.05, 3.63) is 24.3 Å². The zero-order valence-corrected chi connectivity index (χ0v) is 10.6. The summed E-state index contributed by atoms with van der Waals surface area (Å²) in [5.41, 5.74) is 0.558. The van der Waals surface area contributed by atoms with Gasteiger partial charge in [-0.1, -0.05) is 13.8 Å². The number of rotatable bonds is 4. The molecule has 17 heavy (non-hydrogen) atoms. The third kappa shape index (κ3) is 3.83. The average Bonchev–Trinajstić information content (AvgIpc) is 2.27. The van der Waals surface area contributed by atoms with Crippen molar-refractivity contribution in [2.24, 2.45) is 11.1 Å². The predicted molar refractivity (Wildman–Crippen MR) is 65.9 cm³/mol. The number of nitrogens with two attached hydrogens (primary N) is 1. The lowest BCUT2D eigenvalue weighted by atomic mass is 10.1. The van der Waals surface area contributed by atoms with Gasteiger partial charge in [-0.3, -0.25) is 4.79 Å². The summed E-state index contributed by atoms with van der Waals surface area (Å²) in [5, 5.41) is 7.66. The first-order chi connectivity index (χ1) is 7.84. The summed E-state index contributed by atoms with van der Waals surface area (Å²) in [7, 11) is -3.68. The summed E-state index contributed by atoms with van der Waals surface area (Å²) < 4.78 is 22.0. The summed E-state index contributed by atoms with van der Waals surface area (Å²) in [5.74, 6) is -0.163. The number of amides is 1. The molecule has 6 heteroatoms. The second-order valence-corrected chi connectivity index (χ2v) is 5.43. The first kappa shape index (κ1) is 13.7. The Balaban J connectivity index is 2.79. The van der Waals surface area contributed by atoms with E-state index in [0.29, 0.717) is 5.69 Å². The Bertz CT molecular complexity index is 494. The van der Waals surface area contributed by atoms with Crippen LogP contribution in [0.25, 0.3) is 0 Å². The Morgan fingerprint density at radius 3 is 2.29 bits per heavy atom. The van der Waals surface area contributed by atoms with E-state index in [1.807, 2.05) is 13.8 Å². The van der Waals surface area contributed by atoms with Gasteiger partial charge in [0.25, 0.3) is 0 Å². The van der Waals surface area contributed by atoms with Crippen molar-refractivity contribution in [1.82, 2.24) is 0 Å². The number of carbonyl (C=O) groups excluding carboxylic acids is 1. The first-order valence-electron chi connectivity index (χ1n) is 5.28. The number of hydrogen-bond acceptors (Lipinski definition) is 3. The van der Waals surface area contributed by atoms with Gasteiger partial charge in [0.05, 0.1) is 4.90 Å². The maximum atomic E-state index is 11.6.